The number of rotatable bonds is 3. The molecule has 0 unspecified atom stereocenters. The predicted octanol–water partition coefficient (Wildman–Crippen LogP) is 2.63. The van der Waals surface area contributed by atoms with Gasteiger partial charge in [-0.15, -0.1) is 0 Å². The van der Waals surface area contributed by atoms with Crippen LogP contribution in [0.5, 0.6) is 0 Å². The van der Waals surface area contributed by atoms with Gasteiger partial charge in [-0.05, 0) is 30.3 Å². The Labute approximate surface area is 134 Å². The third-order valence-electron chi connectivity index (χ3n) is 3.72. The lowest BCUT2D eigenvalue weighted by atomic mass is 10.1. The van der Waals surface area contributed by atoms with Crippen molar-refractivity contribution >= 4 is 20.9 Å². The number of hydrogen-bond acceptors (Lipinski definition) is 3. The first-order chi connectivity index (χ1) is 10.8. The van der Waals surface area contributed by atoms with Crippen molar-refractivity contribution < 1.29 is 12.8 Å². The Kier molecular flexibility index (Phi) is 3.69. The molecule has 2 aromatic carbocycles. The van der Waals surface area contributed by atoms with E-state index < -0.39 is 10.0 Å². The molecule has 7 heteroatoms. The van der Waals surface area contributed by atoms with Gasteiger partial charge >= 0.3 is 0 Å². The normalized spacial score (nSPS) is 12.2. The molecule has 0 spiro atoms. The average Bonchev–Trinajstić information content (AvgIpc) is 2.83. The molecule has 0 N–H and O–H groups in total. The van der Waals surface area contributed by atoms with E-state index in [9.17, 15) is 12.8 Å². The average molecular weight is 333 g/mol. The third-order valence-corrected chi connectivity index (χ3v) is 5.55. The summed E-state index contributed by atoms with van der Waals surface area (Å²) in [5, 5.41) is 5.11. The van der Waals surface area contributed by atoms with Crippen molar-refractivity contribution in [1.29, 1.82) is 0 Å². The summed E-state index contributed by atoms with van der Waals surface area (Å²) < 4.78 is 40.6. The van der Waals surface area contributed by atoms with Gasteiger partial charge in [0.2, 0.25) is 10.0 Å². The fraction of sp³-hybridized carbons (Fsp3) is 0.188. The van der Waals surface area contributed by atoms with Crippen molar-refractivity contribution in [1.82, 2.24) is 14.1 Å². The number of benzene rings is 2. The van der Waals surface area contributed by atoms with Gasteiger partial charge in [-0.2, -0.15) is 5.10 Å². The monoisotopic (exact) mass is 333 g/mol. The van der Waals surface area contributed by atoms with Gasteiger partial charge in [-0.3, -0.25) is 4.68 Å². The van der Waals surface area contributed by atoms with Crippen molar-refractivity contribution in [3.05, 3.63) is 48.3 Å². The van der Waals surface area contributed by atoms with Crippen LogP contribution in [0.25, 0.3) is 22.2 Å². The number of fused-ring (bicyclic) bond motifs is 1. The molecule has 23 heavy (non-hydrogen) atoms. The van der Waals surface area contributed by atoms with E-state index in [4.69, 9.17) is 0 Å². The number of sulfonamides is 1. The standard InChI is InChI=1S/C16H16FN3O2S/c1-19(2)23(21,22)13-7-4-11(5-8-13)16-14-10-12(17)6-9-15(14)20(3)18-16/h4-10H,1-3H3. The van der Waals surface area contributed by atoms with Crippen LogP contribution in [0.2, 0.25) is 0 Å². The summed E-state index contributed by atoms with van der Waals surface area (Å²) in [5.74, 6) is -0.335. The summed E-state index contributed by atoms with van der Waals surface area (Å²) in [6.45, 7) is 0. The highest BCUT2D eigenvalue weighted by Crippen LogP contribution is 2.29. The summed E-state index contributed by atoms with van der Waals surface area (Å²) in [4.78, 5) is 0.206. The van der Waals surface area contributed by atoms with Gasteiger partial charge in [0.05, 0.1) is 10.4 Å². The van der Waals surface area contributed by atoms with Crippen LogP contribution in [0.15, 0.2) is 47.4 Å². The number of hydrogen-bond donors (Lipinski definition) is 0. The molecule has 0 atom stereocenters. The molecule has 120 valence electrons. The van der Waals surface area contributed by atoms with Gasteiger partial charge < -0.3 is 0 Å². The predicted molar refractivity (Wildman–Crippen MR) is 87.0 cm³/mol. The van der Waals surface area contributed by atoms with E-state index in [-0.39, 0.29) is 10.7 Å². The maximum absolute atomic E-state index is 13.5. The Morgan fingerprint density at radius 1 is 1.09 bits per heavy atom. The van der Waals surface area contributed by atoms with E-state index in [1.54, 1.807) is 29.9 Å². The van der Waals surface area contributed by atoms with E-state index in [1.165, 1.54) is 38.4 Å². The van der Waals surface area contributed by atoms with Gasteiger partial charge in [0, 0.05) is 32.1 Å². The quantitative estimate of drug-likeness (QED) is 0.740. The summed E-state index contributed by atoms with van der Waals surface area (Å²) >= 11 is 0. The molecule has 0 aliphatic heterocycles. The van der Waals surface area contributed by atoms with Crippen LogP contribution in [0.4, 0.5) is 4.39 Å². The van der Waals surface area contributed by atoms with Gasteiger partial charge in [0.1, 0.15) is 11.5 Å². The Balaban J connectivity index is 2.12. The lowest BCUT2D eigenvalue weighted by Crippen LogP contribution is -2.22. The maximum Gasteiger partial charge on any atom is 0.242 e. The topological polar surface area (TPSA) is 55.2 Å². The number of halogens is 1. The number of aromatic nitrogens is 2. The fourth-order valence-corrected chi connectivity index (χ4v) is 3.35. The summed E-state index contributed by atoms with van der Waals surface area (Å²) in [5.41, 5.74) is 2.17. The fourth-order valence-electron chi connectivity index (χ4n) is 2.45. The van der Waals surface area contributed by atoms with E-state index >= 15 is 0 Å². The van der Waals surface area contributed by atoms with E-state index in [0.717, 1.165) is 15.4 Å². The molecule has 1 heterocycles. The Morgan fingerprint density at radius 3 is 2.35 bits per heavy atom. The zero-order valence-electron chi connectivity index (χ0n) is 13.0. The zero-order valence-corrected chi connectivity index (χ0v) is 13.8. The van der Waals surface area contributed by atoms with Crippen molar-refractivity contribution in [3.63, 3.8) is 0 Å². The van der Waals surface area contributed by atoms with Crippen LogP contribution in [0.3, 0.4) is 0 Å². The van der Waals surface area contributed by atoms with Crippen LogP contribution in [-0.2, 0) is 17.1 Å². The molecular formula is C16H16FN3O2S. The van der Waals surface area contributed by atoms with Crippen LogP contribution >= 0.6 is 0 Å². The number of nitrogens with zero attached hydrogens (tertiary/aromatic N) is 3. The lowest BCUT2D eigenvalue weighted by Gasteiger charge is -2.11. The van der Waals surface area contributed by atoms with Crippen molar-refractivity contribution in [3.8, 4) is 11.3 Å². The van der Waals surface area contributed by atoms with E-state index in [0.29, 0.717) is 11.1 Å². The number of aryl methyl sites for hydroxylation is 1. The van der Waals surface area contributed by atoms with Crippen molar-refractivity contribution in [2.24, 2.45) is 7.05 Å². The van der Waals surface area contributed by atoms with Gasteiger partial charge in [-0.25, -0.2) is 17.1 Å². The maximum atomic E-state index is 13.5. The second-order valence-corrected chi connectivity index (χ2v) is 7.60. The first-order valence-corrected chi connectivity index (χ1v) is 8.40. The van der Waals surface area contributed by atoms with E-state index in [1.807, 2.05) is 0 Å². The minimum absolute atomic E-state index is 0.206. The largest absolute Gasteiger partial charge is 0.267 e. The summed E-state index contributed by atoms with van der Waals surface area (Å²) in [7, 11) is 1.28. The first-order valence-electron chi connectivity index (χ1n) is 6.96. The van der Waals surface area contributed by atoms with Crippen LogP contribution in [0, 0.1) is 5.82 Å². The summed E-state index contributed by atoms with van der Waals surface area (Å²) in [6.07, 6.45) is 0. The molecule has 5 nitrogen and oxygen atoms in total. The Morgan fingerprint density at radius 2 is 1.74 bits per heavy atom. The highest BCUT2D eigenvalue weighted by molar-refractivity contribution is 7.89. The molecule has 0 saturated carbocycles. The molecule has 0 fully saturated rings. The minimum Gasteiger partial charge on any atom is -0.267 e. The molecule has 0 radical (unpaired) electrons. The van der Waals surface area contributed by atoms with Crippen molar-refractivity contribution in [2.75, 3.05) is 14.1 Å². The lowest BCUT2D eigenvalue weighted by molar-refractivity contribution is 0.521. The highest BCUT2D eigenvalue weighted by Gasteiger charge is 2.18. The molecule has 3 aromatic rings. The smallest absolute Gasteiger partial charge is 0.242 e. The second-order valence-electron chi connectivity index (χ2n) is 5.45. The van der Waals surface area contributed by atoms with Gasteiger partial charge in [0.15, 0.2) is 0 Å². The first kappa shape index (κ1) is 15.6. The van der Waals surface area contributed by atoms with E-state index in [2.05, 4.69) is 5.10 Å². The molecule has 3 rings (SSSR count). The van der Waals surface area contributed by atoms with Gasteiger partial charge in [-0.1, -0.05) is 12.1 Å². The van der Waals surface area contributed by atoms with Crippen LogP contribution < -0.4 is 0 Å². The Bertz CT molecular complexity index is 976. The molecular weight excluding hydrogens is 317 g/mol. The van der Waals surface area contributed by atoms with Gasteiger partial charge in [0.25, 0.3) is 0 Å². The molecule has 0 bridgehead atoms. The Hall–Kier alpha value is -2.25. The molecule has 0 aliphatic rings. The minimum atomic E-state index is -3.47. The molecule has 1 aromatic heterocycles. The second kappa shape index (κ2) is 5.43. The SMILES string of the molecule is CN(C)S(=O)(=O)c1ccc(-c2nn(C)c3ccc(F)cc23)cc1. The third kappa shape index (κ3) is 2.62. The molecule has 0 amide bonds. The summed E-state index contributed by atoms with van der Waals surface area (Å²) in [6, 6.07) is 10.9. The zero-order chi connectivity index (χ0) is 16.8. The van der Waals surface area contributed by atoms with Crippen LogP contribution in [0.1, 0.15) is 0 Å². The van der Waals surface area contributed by atoms with Crippen molar-refractivity contribution in [2.45, 2.75) is 4.90 Å². The molecule has 0 saturated heterocycles. The molecule has 0 aliphatic carbocycles. The highest BCUT2D eigenvalue weighted by atomic mass is 32.2. The van der Waals surface area contributed by atoms with Crippen LogP contribution in [-0.4, -0.2) is 36.6 Å².